The summed E-state index contributed by atoms with van der Waals surface area (Å²) in [6.45, 7) is 8.91. The van der Waals surface area contributed by atoms with Crippen molar-refractivity contribution in [3.8, 4) is 5.75 Å². The van der Waals surface area contributed by atoms with E-state index in [1.54, 1.807) is 4.90 Å². The largest absolute Gasteiger partial charge is 0.483 e. The van der Waals surface area contributed by atoms with Crippen molar-refractivity contribution in [1.82, 2.24) is 10.2 Å². The van der Waals surface area contributed by atoms with E-state index in [9.17, 15) is 9.59 Å². The summed E-state index contributed by atoms with van der Waals surface area (Å²) in [5, 5.41) is 3.05. The minimum atomic E-state index is -0.678. The zero-order chi connectivity index (χ0) is 26.8. The third-order valence-electron chi connectivity index (χ3n) is 6.31. The molecule has 1 atom stereocenters. The van der Waals surface area contributed by atoms with Gasteiger partial charge in [-0.1, -0.05) is 81.4 Å². The van der Waals surface area contributed by atoms with E-state index in [0.29, 0.717) is 31.2 Å². The molecular weight excluding hydrogens is 528 g/mol. The molecule has 0 unspecified atom stereocenters. The molecular formula is C31H37BrN2O3. The molecule has 0 spiro atoms. The molecule has 3 aromatic carbocycles. The number of ether oxygens (including phenoxy) is 1. The maximum atomic E-state index is 13.7. The molecule has 0 saturated carbocycles. The van der Waals surface area contributed by atoms with Crippen molar-refractivity contribution in [2.45, 2.75) is 53.1 Å². The zero-order valence-electron chi connectivity index (χ0n) is 22.2. The third kappa shape index (κ3) is 8.46. The van der Waals surface area contributed by atoms with Gasteiger partial charge in [0.05, 0.1) is 4.47 Å². The molecule has 0 fully saturated rings. The summed E-state index contributed by atoms with van der Waals surface area (Å²) in [7, 11) is 0. The Labute approximate surface area is 229 Å². The highest BCUT2D eigenvalue weighted by Crippen LogP contribution is 2.26. The first kappa shape index (κ1) is 28.5. The number of hydrogen-bond donors (Lipinski definition) is 1. The molecule has 0 heterocycles. The van der Waals surface area contributed by atoms with Gasteiger partial charge in [0.2, 0.25) is 5.91 Å². The van der Waals surface area contributed by atoms with E-state index >= 15 is 0 Å². The van der Waals surface area contributed by atoms with Crippen LogP contribution in [0.25, 0.3) is 0 Å². The van der Waals surface area contributed by atoms with E-state index in [-0.39, 0.29) is 18.4 Å². The van der Waals surface area contributed by atoms with Gasteiger partial charge in [-0.3, -0.25) is 9.59 Å². The second-order valence-corrected chi connectivity index (χ2v) is 10.6. The van der Waals surface area contributed by atoms with Gasteiger partial charge in [-0.25, -0.2) is 0 Å². The highest BCUT2D eigenvalue weighted by atomic mass is 79.9. The molecule has 196 valence electrons. The molecule has 0 aliphatic rings. The average Bonchev–Trinajstić information content (AvgIpc) is 2.89. The SMILES string of the molecule is CCc1ccc(OCC(=O)N(Cc2ccccc2C)[C@@H](Cc2ccccc2)C(=O)NCC(C)C)c(Br)c1. The van der Waals surface area contributed by atoms with Gasteiger partial charge < -0.3 is 15.0 Å². The van der Waals surface area contributed by atoms with Crippen LogP contribution in [0.5, 0.6) is 5.75 Å². The second-order valence-electron chi connectivity index (χ2n) is 9.70. The maximum Gasteiger partial charge on any atom is 0.261 e. The topological polar surface area (TPSA) is 58.6 Å². The van der Waals surface area contributed by atoms with Crippen molar-refractivity contribution in [2.24, 2.45) is 5.92 Å². The van der Waals surface area contributed by atoms with E-state index in [1.807, 2.05) is 79.7 Å². The lowest BCUT2D eigenvalue weighted by Crippen LogP contribution is -2.52. The van der Waals surface area contributed by atoms with E-state index < -0.39 is 6.04 Å². The summed E-state index contributed by atoms with van der Waals surface area (Å²) >= 11 is 3.55. The Bertz CT molecular complexity index is 1180. The van der Waals surface area contributed by atoms with Gasteiger partial charge in [-0.15, -0.1) is 0 Å². The minimum absolute atomic E-state index is 0.159. The molecule has 3 aromatic rings. The van der Waals surface area contributed by atoms with Gasteiger partial charge in [0.1, 0.15) is 11.8 Å². The van der Waals surface area contributed by atoms with Crippen molar-refractivity contribution in [3.63, 3.8) is 0 Å². The first-order chi connectivity index (χ1) is 17.8. The summed E-state index contributed by atoms with van der Waals surface area (Å²) in [4.78, 5) is 28.9. The number of aryl methyl sites for hydroxylation is 2. The number of hydrogen-bond acceptors (Lipinski definition) is 3. The molecule has 6 heteroatoms. The fourth-order valence-electron chi connectivity index (χ4n) is 4.05. The van der Waals surface area contributed by atoms with Crippen LogP contribution in [0, 0.1) is 12.8 Å². The standard InChI is InChI=1S/C31H37BrN2O3/c1-5-24-15-16-29(27(32)17-24)37-21-30(35)34(20-26-14-10-9-11-23(26)4)28(31(36)33-19-22(2)3)18-25-12-7-6-8-13-25/h6-17,22,28H,5,18-21H2,1-4H3,(H,33,36)/t28-/m0/s1. The van der Waals surface area contributed by atoms with Crippen LogP contribution in [0.1, 0.15) is 43.0 Å². The Morgan fingerprint density at radius 1 is 0.973 bits per heavy atom. The summed E-state index contributed by atoms with van der Waals surface area (Å²) in [6.07, 6.45) is 1.33. The van der Waals surface area contributed by atoms with Crippen molar-refractivity contribution in [3.05, 3.63) is 99.5 Å². The Morgan fingerprint density at radius 3 is 2.32 bits per heavy atom. The molecule has 2 amide bonds. The molecule has 5 nitrogen and oxygen atoms in total. The lowest BCUT2D eigenvalue weighted by molar-refractivity contribution is -0.142. The number of rotatable bonds is 12. The molecule has 37 heavy (non-hydrogen) atoms. The van der Waals surface area contributed by atoms with Gasteiger partial charge in [0.15, 0.2) is 6.61 Å². The molecule has 1 N–H and O–H groups in total. The maximum absolute atomic E-state index is 13.7. The number of nitrogens with zero attached hydrogens (tertiary/aromatic N) is 1. The first-order valence-corrected chi connectivity index (χ1v) is 13.6. The van der Waals surface area contributed by atoms with Gasteiger partial charge in [0.25, 0.3) is 5.91 Å². The van der Waals surface area contributed by atoms with Crippen molar-refractivity contribution >= 4 is 27.7 Å². The molecule has 0 aromatic heterocycles. The van der Waals surface area contributed by atoms with Gasteiger partial charge in [-0.05, 0) is 69.6 Å². The van der Waals surface area contributed by atoms with Crippen LogP contribution in [0.3, 0.4) is 0 Å². The smallest absolute Gasteiger partial charge is 0.261 e. The average molecular weight is 566 g/mol. The lowest BCUT2D eigenvalue weighted by Gasteiger charge is -2.32. The summed E-state index contributed by atoms with van der Waals surface area (Å²) in [5.41, 5.74) is 4.24. The summed E-state index contributed by atoms with van der Waals surface area (Å²) < 4.78 is 6.76. The fourth-order valence-corrected chi connectivity index (χ4v) is 4.59. The molecule has 0 saturated heterocycles. The third-order valence-corrected chi connectivity index (χ3v) is 6.93. The predicted octanol–water partition coefficient (Wildman–Crippen LogP) is 6.11. The Kier molecular flexibility index (Phi) is 10.8. The Morgan fingerprint density at radius 2 is 1.68 bits per heavy atom. The molecule has 0 aliphatic heterocycles. The minimum Gasteiger partial charge on any atom is -0.483 e. The normalized spacial score (nSPS) is 11.7. The number of amides is 2. The van der Waals surface area contributed by atoms with Crippen LogP contribution in [0.4, 0.5) is 0 Å². The van der Waals surface area contributed by atoms with Crippen molar-refractivity contribution in [2.75, 3.05) is 13.2 Å². The second kappa shape index (κ2) is 14.0. The molecule has 0 bridgehead atoms. The summed E-state index contributed by atoms with van der Waals surface area (Å²) in [6, 6.07) is 23.0. The highest BCUT2D eigenvalue weighted by molar-refractivity contribution is 9.10. The number of carbonyl (C=O) groups excluding carboxylic acids is 2. The molecule has 0 radical (unpaired) electrons. The summed E-state index contributed by atoms with van der Waals surface area (Å²) in [5.74, 6) is 0.502. The first-order valence-electron chi connectivity index (χ1n) is 12.8. The van der Waals surface area contributed by atoms with E-state index in [4.69, 9.17) is 4.74 Å². The molecule has 0 aliphatic carbocycles. The van der Waals surface area contributed by atoms with Crippen molar-refractivity contribution < 1.29 is 14.3 Å². The van der Waals surface area contributed by atoms with E-state index in [0.717, 1.165) is 27.6 Å². The number of carbonyl (C=O) groups is 2. The fraction of sp³-hybridized carbons (Fsp3) is 0.355. The predicted molar refractivity (Wildman–Crippen MR) is 153 cm³/mol. The Balaban J connectivity index is 1.91. The quantitative estimate of drug-likeness (QED) is 0.288. The van der Waals surface area contributed by atoms with Crippen molar-refractivity contribution in [1.29, 1.82) is 0 Å². The van der Waals surface area contributed by atoms with Crippen LogP contribution in [-0.4, -0.2) is 35.9 Å². The highest BCUT2D eigenvalue weighted by Gasteiger charge is 2.31. The van der Waals surface area contributed by atoms with Crippen LogP contribution in [-0.2, 0) is 29.0 Å². The van der Waals surface area contributed by atoms with Gasteiger partial charge in [0, 0.05) is 19.5 Å². The van der Waals surface area contributed by atoms with E-state index in [1.165, 1.54) is 5.56 Å². The monoisotopic (exact) mass is 564 g/mol. The lowest BCUT2D eigenvalue weighted by atomic mass is 10.0. The number of nitrogens with one attached hydrogen (secondary N) is 1. The van der Waals surface area contributed by atoms with Gasteiger partial charge >= 0.3 is 0 Å². The van der Waals surface area contributed by atoms with Crippen LogP contribution >= 0.6 is 15.9 Å². The number of benzene rings is 3. The van der Waals surface area contributed by atoms with Crippen LogP contribution in [0.2, 0.25) is 0 Å². The van der Waals surface area contributed by atoms with E-state index in [2.05, 4.69) is 42.0 Å². The van der Waals surface area contributed by atoms with Crippen LogP contribution in [0.15, 0.2) is 77.3 Å². The number of halogens is 1. The van der Waals surface area contributed by atoms with Gasteiger partial charge in [-0.2, -0.15) is 0 Å². The van der Waals surface area contributed by atoms with Crippen LogP contribution < -0.4 is 10.1 Å². The molecule has 3 rings (SSSR count). The Hall–Kier alpha value is -3.12. The zero-order valence-corrected chi connectivity index (χ0v) is 23.8.